The molecule has 1 amide bonds. The molecule has 36 heavy (non-hydrogen) atoms. The molecule has 0 saturated carbocycles. The van der Waals surface area contributed by atoms with Crippen LogP contribution in [0.15, 0.2) is 35.3 Å². The first-order valence-corrected chi connectivity index (χ1v) is 11.8. The van der Waals surface area contributed by atoms with Gasteiger partial charge in [-0.25, -0.2) is 9.78 Å². The highest BCUT2D eigenvalue weighted by Gasteiger charge is 2.32. The number of benzene rings is 1. The number of H-pyrrole nitrogens is 1. The first kappa shape index (κ1) is 24.2. The Bertz CT molecular complexity index is 1320. The fourth-order valence-corrected chi connectivity index (χ4v) is 5.03. The molecule has 5 rings (SSSR count). The second-order valence-electron chi connectivity index (χ2n) is 9.27. The molecule has 2 fully saturated rings. The van der Waals surface area contributed by atoms with Crippen LogP contribution in [0, 0.1) is 5.92 Å². The van der Waals surface area contributed by atoms with Crippen molar-refractivity contribution in [3.63, 3.8) is 0 Å². The maximum atomic E-state index is 13.0. The van der Waals surface area contributed by atoms with E-state index in [1.807, 2.05) is 6.07 Å². The van der Waals surface area contributed by atoms with Crippen LogP contribution in [0.25, 0.3) is 11.2 Å². The van der Waals surface area contributed by atoms with Crippen LogP contribution in [0.3, 0.4) is 0 Å². The van der Waals surface area contributed by atoms with Crippen LogP contribution in [-0.2, 0) is 11.2 Å². The number of nitrogens with one attached hydrogen (secondary N) is 1. The van der Waals surface area contributed by atoms with E-state index in [9.17, 15) is 22.8 Å². The van der Waals surface area contributed by atoms with E-state index in [1.54, 1.807) is 15.7 Å². The van der Waals surface area contributed by atoms with E-state index in [2.05, 4.69) is 14.7 Å². The molecule has 3 aromatic rings. The molecule has 0 spiro atoms. The average molecular weight is 505 g/mol. The third-order valence-electron chi connectivity index (χ3n) is 6.78. The number of imidazole rings is 1. The Morgan fingerprint density at radius 3 is 2.67 bits per heavy atom. The summed E-state index contributed by atoms with van der Waals surface area (Å²) >= 11 is 0. The van der Waals surface area contributed by atoms with Crippen molar-refractivity contribution in [2.75, 3.05) is 32.0 Å². The minimum Gasteiger partial charge on any atom is -0.406 e. The Morgan fingerprint density at radius 2 is 2.00 bits per heavy atom. The zero-order chi connectivity index (χ0) is 25.4. The fourth-order valence-electron chi connectivity index (χ4n) is 5.03. The smallest absolute Gasteiger partial charge is 0.406 e. The van der Waals surface area contributed by atoms with Crippen LogP contribution in [0.1, 0.15) is 41.2 Å². The van der Waals surface area contributed by atoms with Gasteiger partial charge in [-0.05, 0) is 55.4 Å². The number of hydrogen-bond donors (Lipinski definition) is 2. The number of alkyl halides is 3. The summed E-state index contributed by atoms with van der Waals surface area (Å²) in [6, 6.07) is 5.17. The molecule has 1 unspecified atom stereocenters. The molecular formula is C24H26F3N5O4. The third kappa shape index (κ3) is 5.03. The number of amides is 1. The van der Waals surface area contributed by atoms with E-state index in [0.717, 1.165) is 49.3 Å². The number of hydrogen-bond acceptors (Lipinski definition) is 6. The van der Waals surface area contributed by atoms with Gasteiger partial charge in [0.05, 0.1) is 11.1 Å². The Morgan fingerprint density at radius 1 is 1.22 bits per heavy atom. The Kier molecular flexibility index (Phi) is 6.37. The number of piperidine rings is 1. The first-order valence-electron chi connectivity index (χ1n) is 11.8. The normalized spacial score (nSPS) is 19.2. The van der Waals surface area contributed by atoms with Crippen molar-refractivity contribution in [1.82, 2.24) is 19.4 Å². The topological polar surface area (TPSA) is 115 Å². The number of aromatic nitrogens is 3. The molecule has 1 aromatic carbocycles. The summed E-state index contributed by atoms with van der Waals surface area (Å²) in [6.45, 7) is 2.24. The number of rotatable bonds is 5. The summed E-state index contributed by atoms with van der Waals surface area (Å²) in [4.78, 5) is 34.6. The number of nitrogens with zero attached hydrogens (tertiary/aromatic N) is 3. The molecule has 9 nitrogen and oxygen atoms in total. The molecule has 192 valence electrons. The van der Waals surface area contributed by atoms with E-state index in [1.165, 1.54) is 6.07 Å². The SMILES string of the molecule is Nc1cc(OC(F)(F)F)ccc1C(=O)N1CCC(n2c(=O)[nH]c3ncc(CC4CCOC4)cc32)CC1. The molecule has 2 aliphatic heterocycles. The molecular weight excluding hydrogens is 479 g/mol. The van der Waals surface area contributed by atoms with E-state index in [-0.39, 0.29) is 28.9 Å². The first-order chi connectivity index (χ1) is 17.2. The largest absolute Gasteiger partial charge is 0.573 e. The number of pyridine rings is 1. The Labute approximate surface area is 204 Å². The molecule has 0 radical (unpaired) electrons. The van der Waals surface area contributed by atoms with Crippen molar-refractivity contribution in [1.29, 1.82) is 0 Å². The lowest BCUT2D eigenvalue weighted by Gasteiger charge is -2.33. The fraction of sp³-hybridized carbons (Fsp3) is 0.458. The van der Waals surface area contributed by atoms with Crippen molar-refractivity contribution in [2.24, 2.45) is 5.92 Å². The van der Waals surface area contributed by atoms with Gasteiger partial charge in [0.2, 0.25) is 0 Å². The number of nitrogen functional groups attached to an aromatic ring is 1. The van der Waals surface area contributed by atoms with Crippen LogP contribution in [0.2, 0.25) is 0 Å². The van der Waals surface area contributed by atoms with Gasteiger partial charge in [0.25, 0.3) is 5.91 Å². The predicted molar refractivity (Wildman–Crippen MR) is 125 cm³/mol. The number of aromatic amines is 1. The number of halogens is 3. The number of ether oxygens (including phenoxy) is 2. The highest BCUT2D eigenvalue weighted by Crippen LogP contribution is 2.30. The van der Waals surface area contributed by atoms with Crippen molar-refractivity contribution in [3.8, 4) is 5.75 Å². The van der Waals surface area contributed by atoms with Gasteiger partial charge in [-0.2, -0.15) is 0 Å². The van der Waals surface area contributed by atoms with E-state index >= 15 is 0 Å². The zero-order valence-corrected chi connectivity index (χ0v) is 19.4. The number of carbonyl (C=O) groups is 1. The van der Waals surface area contributed by atoms with Gasteiger partial charge in [-0.3, -0.25) is 14.3 Å². The average Bonchev–Trinajstić information content (AvgIpc) is 3.44. The van der Waals surface area contributed by atoms with Gasteiger partial charge in [0.1, 0.15) is 5.75 Å². The monoisotopic (exact) mass is 505 g/mol. The van der Waals surface area contributed by atoms with Crippen molar-refractivity contribution in [3.05, 3.63) is 52.1 Å². The van der Waals surface area contributed by atoms with Gasteiger partial charge >= 0.3 is 12.1 Å². The van der Waals surface area contributed by atoms with E-state index in [4.69, 9.17) is 10.5 Å². The lowest BCUT2D eigenvalue weighted by Crippen LogP contribution is -2.40. The summed E-state index contributed by atoms with van der Waals surface area (Å²) < 4.78 is 48.4. The number of nitrogens with two attached hydrogens (primary N) is 1. The van der Waals surface area contributed by atoms with Crippen LogP contribution in [-0.4, -0.2) is 58.0 Å². The summed E-state index contributed by atoms with van der Waals surface area (Å²) in [5.74, 6) is -0.417. The molecule has 0 bridgehead atoms. The second kappa shape index (κ2) is 9.49. The Hall–Kier alpha value is -3.54. The Balaban J connectivity index is 1.28. The molecule has 4 heterocycles. The zero-order valence-electron chi connectivity index (χ0n) is 19.4. The van der Waals surface area contributed by atoms with Gasteiger partial charge in [0.15, 0.2) is 5.65 Å². The molecule has 1 atom stereocenters. The van der Waals surface area contributed by atoms with Crippen LogP contribution in [0.5, 0.6) is 5.75 Å². The number of carbonyl (C=O) groups excluding carboxylic acids is 1. The summed E-state index contributed by atoms with van der Waals surface area (Å²) in [7, 11) is 0. The number of likely N-dealkylation sites (tertiary alicyclic amines) is 1. The summed E-state index contributed by atoms with van der Waals surface area (Å²) in [5.41, 5.74) is 7.94. The molecule has 2 aliphatic rings. The number of anilines is 1. The second-order valence-corrected chi connectivity index (χ2v) is 9.27. The van der Waals surface area contributed by atoms with Gasteiger partial charge < -0.3 is 20.1 Å². The van der Waals surface area contributed by atoms with Gasteiger partial charge in [0, 0.05) is 50.3 Å². The van der Waals surface area contributed by atoms with Crippen molar-refractivity contribution < 1.29 is 27.4 Å². The molecule has 0 aliphatic carbocycles. The van der Waals surface area contributed by atoms with Crippen LogP contribution in [0.4, 0.5) is 18.9 Å². The molecule has 3 N–H and O–H groups in total. The standard InChI is InChI=1S/C24H26F3N5O4/c25-24(26,27)36-17-1-2-18(19(28)11-17)22(33)31-6-3-16(4-7-31)32-20-10-15(9-14-5-8-35-13-14)12-29-21(20)30-23(32)34/h1-2,10-12,14,16H,3-9,13,28H2,(H,29,30,34). The minimum absolute atomic E-state index is 0.0945. The van der Waals surface area contributed by atoms with Crippen molar-refractivity contribution in [2.45, 2.75) is 38.1 Å². The summed E-state index contributed by atoms with van der Waals surface area (Å²) in [6.07, 6.45) is -0.140. The van der Waals surface area contributed by atoms with Gasteiger partial charge in [-0.15, -0.1) is 13.2 Å². The van der Waals surface area contributed by atoms with Gasteiger partial charge in [-0.1, -0.05) is 0 Å². The molecule has 2 aromatic heterocycles. The van der Waals surface area contributed by atoms with Crippen LogP contribution < -0.4 is 16.2 Å². The van der Waals surface area contributed by atoms with Crippen LogP contribution >= 0.6 is 0 Å². The third-order valence-corrected chi connectivity index (χ3v) is 6.78. The summed E-state index contributed by atoms with van der Waals surface area (Å²) in [5, 5.41) is 0. The molecule has 12 heteroatoms. The lowest BCUT2D eigenvalue weighted by atomic mass is 9.99. The highest BCUT2D eigenvalue weighted by atomic mass is 19.4. The highest BCUT2D eigenvalue weighted by molar-refractivity contribution is 5.99. The van der Waals surface area contributed by atoms with E-state index in [0.29, 0.717) is 37.5 Å². The number of fused-ring (bicyclic) bond motifs is 1. The predicted octanol–water partition coefficient (Wildman–Crippen LogP) is 3.26. The quantitative estimate of drug-likeness (QED) is 0.515. The van der Waals surface area contributed by atoms with Crippen molar-refractivity contribution >= 4 is 22.8 Å². The maximum Gasteiger partial charge on any atom is 0.573 e. The lowest BCUT2D eigenvalue weighted by molar-refractivity contribution is -0.274. The minimum atomic E-state index is -4.85. The maximum absolute atomic E-state index is 13.0. The molecule has 2 saturated heterocycles. The van der Waals surface area contributed by atoms with E-state index < -0.39 is 12.1 Å².